The van der Waals surface area contributed by atoms with Crippen molar-refractivity contribution in [3.8, 4) is 6.07 Å². The first-order chi connectivity index (χ1) is 10.2. The molecule has 2 aromatic carbocycles. The highest BCUT2D eigenvalue weighted by Gasteiger charge is 2.24. The summed E-state index contributed by atoms with van der Waals surface area (Å²) in [5.74, 6) is 0.682. The van der Waals surface area contributed by atoms with E-state index in [1.807, 2.05) is 24.3 Å². The molecule has 0 unspecified atom stereocenters. The fraction of sp³-hybridized carbons (Fsp3) is 0.235. The summed E-state index contributed by atoms with van der Waals surface area (Å²) in [7, 11) is 0. The molecule has 21 heavy (non-hydrogen) atoms. The first-order valence-electron chi connectivity index (χ1n) is 6.96. The van der Waals surface area contributed by atoms with Crippen LogP contribution < -0.4 is 4.90 Å². The lowest BCUT2D eigenvalue weighted by atomic mass is 10.1. The first kappa shape index (κ1) is 14.0. The van der Waals surface area contributed by atoms with Gasteiger partial charge < -0.3 is 4.90 Å². The van der Waals surface area contributed by atoms with E-state index in [0.29, 0.717) is 5.56 Å². The molecule has 0 saturated carbocycles. The average molecular weight is 298 g/mol. The molecule has 0 atom stereocenters. The van der Waals surface area contributed by atoms with Crippen LogP contribution in [0, 0.1) is 17.1 Å². The second-order valence-corrected chi connectivity index (χ2v) is 6.18. The van der Waals surface area contributed by atoms with Crippen LogP contribution in [0.25, 0.3) is 0 Å². The highest BCUT2D eigenvalue weighted by molar-refractivity contribution is 7.99. The van der Waals surface area contributed by atoms with E-state index in [9.17, 15) is 9.65 Å². The van der Waals surface area contributed by atoms with Crippen molar-refractivity contribution in [3.05, 3.63) is 53.3 Å². The lowest BCUT2D eigenvalue weighted by Gasteiger charge is -2.22. The molecule has 0 N–H and O–H groups in total. The maximum absolute atomic E-state index is 13.5. The molecule has 0 spiro atoms. The van der Waals surface area contributed by atoms with Gasteiger partial charge in [0.1, 0.15) is 11.9 Å². The molecule has 3 rings (SSSR count). The van der Waals surface area contributed by atoms with Gasteiger partial charge in [-0.05, 0) is 42.0 Å². The van der Waals surface area contributed by atoms with Gasteiger partial charge in [-0.2, -0.15) is 5.26 Å². The summed E-state index contributed by atoms with van der Waals surface area (Å²) in [5.41, 5.74) is 3.57. The van der Waals surface area contributed by atoms with Gasteiger partial charge in [0, 0.05) is 17.1 Å². The van der Waals surface area contributed by atoms with Crippen LogP contribution in [0.4, 0.5) is 15.8 Å². The maximum Gasteiger partial charge on any atom is 0.125 e. The van der Waals surface area contributed by atoms with Crippen LogP contribution in [-0.2, 0) is 6.42 Å². The molecule has 0 saturated heterocycles. The van der Waals surface area contributed by atoms with E-state index in [2.05, 4.69) is 17.9 Å². The van der Waals surface area contributed by atoms with Gasteiger partial charge in [-0.25, -0.2) is 4.39 Å². The van der Waals surface area contributed by atoms with Crippen LogP contribution >= 0.6 is 11.8 Å². The molecule has 4 heteroatoms. The van der Waals surface area contributed by atoms with E-state index < -0.39 is 0 Å². The van der Waals surface area contributed by atoms with Crippen molar-refractivity contribution in [2.24, 2.45) is 0 Å². The molecule has 1 heterocycles. The van der Waals surface area contributed by atoms with Gasteiger partial charge in [0.15, 0.2) is 0 Å². The Balaban J connectivity index is 2.10. The lowest BCUT2D eigenvalue weighted by Crippen LogP contribution is -2.15. The van der Waals surface area contributed by atoms with E-state index in [0.717, 1.165) is 40.6 Å². The fourth-order valence-electron chi connectivity index (χ4n) is 2.74. The van der Waals surface area contributed by atoms with Crippen LogP contribution in [0.15, 0.2) is 41.3 Å². The highest BCUT2D eigenvalue weighted by Crippen LogP contribution is 2.39. The third-order valence-electron chi connectivity index (χ3n) is 3.65. The number of fused-ring (bicyclic) bond motifs is 1. The molecule has 1 aliphatic heterocycles. The Kier molecular flexibility index (Phi) is 3.85. The molecule has 2 nitrogen and oxygen atoms in total. The summed E-state index contributed by atoms with van der Waals surface area (Å²) >= 11 is 1.66. The number of nitrogens with zero attached hydrogens (tertiary/aromatic N) is 2. The zero-order valence-corrected chi connectivity index (χ0v) is 12.6. The fourth-order valence-corrected chi connectivity index (χ4v) is 3.52. The normalized spacial score (nSPS) is 13.1. The van der Waals surface area contributed by atoms with Gasteiger partial charge in [-0.1, -0.05) is 19.1 Å². The molecule has 2 aromatic rings. The van der Waals surface area contributed by atoms with E-state index in [1.165, 1.54) is 6.07 Å². The zero-order chi connectivity index (χ0) is 14.8. The topological polar surface area (TPSA) is 27.0 Å². The molecule has 0 bridgehead atoms. The number of rotatable bonds is 3. The van der Waals surface area contributed by atoms with Crippen LogP contribution in [0.2, 0.25) is 0 Å². The SMILES string of the molecule is CCSc1cccc(N2CCc3ccc(F)cc32)c1C#N. The molecule has 0 aliphatic carbocycles. The van der Waals surface area contributed by atoms with Gasteiger partial charge in [-0.3, -0.25) is 0 Å². The van der Waals surface area contributed by atoms with Crippen LogP contribution in [0.3, 0.4) is 0 Å². The number of hydrogen-bond donors (Lipinski definition) is 0. The van der Waals surface area contributed by atoms with E-state index >= 15 is 0 Å². The summed E-state index contributed by atoms with van der Waals surface area (Å²) in [6.07, 6.45) is 0.881. The standard InChI is InChI=1S/C17H15FN2S/c1-2-21-17-5-3-4-15(14(17)11-19)20-9-8-12-6-7-13(18)10-16(12)20/h3-7,10H,2,8-9H2,1H3. The van der Waals surface area contributed by atoms with Crippen molar-refractivity contribution in [1.82, 2.24) is 0 Å². The van der Waals surface area contributed by atoms with Gasteiger partial charge in [0.25, 0.3) is 0 Å². The molecular weight excluding hydrogens is 283 g/mol. The summed E-state index contributed by atoms with van der Waals surface area (Å²) in [4.78, 5) is 3.04. The van der Waals surface area contributed by atoms with Crippen LogP contribution in [0.1, 0.15) is 18.1 Å². The number of benzene rings is 2. The Morgan fingerprint density at radius 2 is 2.14 bits per heavy atom. The lowest BCUT2D eigenvalue weighted by molar-refractivity contribution is 0.628. The summed E-state index contributed by atoms with van der Waals surface area (Å²) in [5, 5.41) is 9.52. The molecular formula is C17H15FN2S. The maximum atomic E-state index is 13.5. The van der Waals surface area contributed by atoms with E-state index in [-0.39, 0.29) is 5.82 Å². The van der Waals surface area contributed by atoms with Crippen LogP contribution in [0.5, 0.6) is 0 Å². The first-order valence-corrected chi connectivity index (χ1v) is 7.95. The predicted molar refractivity (Wildman–Crippen MR) is 84.7 cm³/mol. The minimum Gasteiger partial charge on any atom is -0.340 e. The predicted octanol–water partition coefficient (Wildman–Crippen LogP) is 4.50. The van der Waals surface area contributed by atoms with Crippen molar-refractivity contribution in [2.75, 3.05) is 17.2 Å². The molecule has 0 amide bonds. The quantitative estimate of drug-likeness (QED) is 0.780. The average Bonchev–Trinajstić information content (AvgIpc) is 2.90. The highest BCUT2D eigenvalue weighted by atomic mass is 32.2. The van der Waals surface area contributed by atoms with E-state index in [4.69, 9.17) is 0 Å². The van der Waals surface area contributed by atoms with Crippen molar-refractivity contribution >= 4 is 23.1 Å². The molecule has 106 valence electrons. The van der Waals surface area contributed by atoms with E-state index in [1.54, 1.807) is 17.8 Å². The van der Waals surface area contributed by atoms with Crippen LogP contribution in [-0.4, -0.2) is 12.3 Å². The van der Waals surface area contributed by atoms with Gasteiger partial charge in [0.2, 0.25) is 0 Å². The summed E-state index contributed by atoms with van der Waals surface area (Å²) in [6, 6.07) is 13.1. The number of hydrogen-bond acceptors (Lipinski definition) is 3. The third-order valence-corrected chi connectivity index (χ3v) is 4.59. The number of thioether (sulfide) groups is 1. The van der Waals surface area contributed by atoms with Gasteiger partial charge in [0.05, 0.1) is 11.3 Å². The second-order valence-electron chi connectivity index (χ2n) is 4.87. The number of anilines is 2. The van der Waals surface area contributed by atoms with Crippen molar-refractivity contribution < 1.29 is 4.39 Å². The monoisotopic (exact) mass is 298 g/mol. The van der Waals surface area contributed by atoms with Gasteiger partial charge >= 0.3 is 0 Å². The summed E-state index contributed by atoms with van der Waals surface area (Å²) < 4.78 is 13.5. The minimum absolute atomic E-state index is 0.238. The molecule has 0 aromatic heterocycles. The third kappa shape index (κ3) is 2.50. The Labute approximate surface area is 128 Å². The second kappa shape index (κ2) is 5.79. The number of halogens is 1. The molecule has 0 fully saturated rings. The van der Waals surface area contributed by atoms with Crippen molar-refractivity contribution in [2.45, 2.75) is 18.2 Å². The molecule has 1 aliphatic rings. The van der Waals surface area contributed by atoms with Crippen molar-refractivity contribution in [3.63, 3.8) is 0 Å². The Morgan fingerprint density at radius 1 is 1.29 bits per heavy atom. The Bertz CT molecular complexity index is 721. The Hall–Kier alpha value is -1.99. The Morgan fingerprint density at radius 3 is 2.90 bits per heavy atom. The summed E-state index contributed by atoms with van der Waals surface area (Å²) in [6.45, 7) is 2.85. The number of nitriles is 1. The molecule has 0 radical (unpaired) electrons. The zero-order valence-electron chi connectivity index (χ0n) is 11.8. The van der Waals surface area contributed by atoms with Crippen molar-refractivity contribution in [1.29, 1.82) is 5.26 Å². The minimum atomic E-state index is -0.238. The van der Waals surface area contributed by atoms with Gasteiger partial charge in [-0.15, -0.1) is 11.8 Å². The smallest absolute Gasteiger partial charge is 0.125 e. The largest absolute Gasteiger partial charge is 0.340 e.